The van der Waals surface area contributed by atoms with Crippen LogP contribution in [0, 0.1) is 0 Å². The largest absolute Gasteiger partial charge is 0.380 e. The van der Waals surface area contributed by atoms with Crippen molar-refractivity contribution in [3.8, 4) is 10.7 Å². The molecule has 1 aromatic carbocycles. The van der Waals surface area contributed by atoms with Crippen molar-refractivity contribution in [2.75, 3.05) is 38.2 Å². The standard InChI is InChI=1S/C22H24N4O4S3/c1-4-30-11-10-25(2)22(27)20-18(8-12-31-20)33(28,29)26(3)17-7-5-6-15-14-16(24-19(15)17)21-23-9-13-32-21/h5-9,12-14,24H,4,10-11H2,1-3H3. The van der Waals surface area contributed by atoms with E-state index in [4.69, 9.17) is 4.74 Å². The summed E-state index contributed by atoms with van der Waals surface area (Å²) in [6.07, 6.45) is 1.73. The van der Waals surface area contributed by atoms with Crippen LogP contribution in [-0.2, 0) is 14.8 Å². The molecule has 174 valence electrons. The van der Waals surface area contributed by atoms with E-state index in [1.807, 2.05) is 30.5 Å². The number of para-hydroxylation sites is 1. The molecule has 0 aliphatic heterocycles. The highest BCUT2D eigenvalue weighted by molar-refractivity contribution is 7.93. The number of H-pyrrole nitrogens is 1. The quantitative estimate of drug-likeness (QED) is 0.343. The molecule has 1 amide bonds. The molecule has 1 N–H and O–H groups in total. The zero-order chi connectivity index (χ0) is 23.6. The van der Waals surface area contributed by atoms with Crippen LogP contribution in [0.25, 0.3) is 21.6 Å². The SMILES string of the molecule is CCOCCN(C)C(=O)c1sccc1S(=O)(=O)N(C)c1cccc2cc(-c3nccs3)[nH]c12. The number of rotatable bonds is 9. The van der Waals surface area contributed by atoms with Crippen molar-refractivity contribution in [1.82, 2.24) is 14.9 Å². The van der Waals surface area contributed by atoms with E-state index in [1.54, 1.807) is 24.7 Å². The highest BCUT2D eigenvalue weighted by Gasteiger charge is 2.30. The summed E-state index contributed by atoms with van der Waals surface area (Å²) in [6, 6.07) is 8.90. The number of aromatic amines is 1. The molecule has 0 atom stereocenters. The fourth-order valence-corrected chi connectivity index (χ4v) is 6.63. The van der Waals surface area contributed by atoms with Gasteiger partial charge in [0.15, 0.2) is 0 Å². The topological polar surface area (TPSA) is 95.6 Å². The lowest BCUT2D eigenvalue weighted by molar-refractivity contribution is 0.0711. The second kappa shape index (κ2) is 9.64. The first-order valence-electron chi connectivity index (χ1n) is 10.3. The Kier molecular flexibility index (Phi) is 6.84. The van der Waals surface area contributed by atoms with E-state index in [9.17, 15) is 13.2 Å². The molecule has 0 unspecified atom stereocenters. The third kappa shape index (κ3) is 4.54. The molecule has 8 nitrogen and oxygen atoms in total. The lowest BCUT2D eigenvalue weighted by Crippen LogP contribution is -2.32. The number of benzene rings is 1. The van der Waals surface area contributed by atoms with Gasteiger partial charge in [-0.2, -0.15) is 0 Å². The number of carbonyl (C=O) groups excluding carboxylic acids is 1. The van der Waals surface area contributed by atoms with Gasteiger partial charge in [0.25, 0.3) is 15.9 Å². The zero-order valence-corrected chi connectivity index (χ0v) is 20.9. The maximum Gasteiger partial charge on any atom is 0.265 e. The Morgan fingerprint density at radius 1 is 1.18 bits per heavy atom. The number of nitrogens with one attached hydrogen (secondary N) is 1. The molecule has 3 aromatic heterocycles. The van der Waals surface area contributed by atoms with Crippen LogP contribution in [0.4, 0.5) is 5.69 Å². The normalized spacial score (nSPS) is 11.7. The van der Waals surface area contributed by atoms with E-state index in [0.29, 0.717) is 31.0 Å². The van der Waals surface area contributed by atoms with Gasteiger partial charge >= 0.3 is 0 Å². The number of anilines is 1. The summed E-state index contributed by atoms with van der Waals surface area (Å²) >= 11 is 2.62. The Morgan fingerprint density at radius 2 is 2.00 bits per heavy atom. The number of thiazole rings is 1. The minimum absolute atomic E-state index is 0.00744. The third-order valence-corrected chi connectivity index (χ3v) is 8.87. The van der Waals surface area contributed by atoms with Crippen LogP contribution >= 0.6 is 22.7 Å². The second-order valence-electron chi connectivity index (χ2n) is 7.27. The van der Waals surface area contributed by atoms with Crippen LogP contribution in [0.2, 0.25) is 0 Å². The van der Waals surface area contributed by atoms with Gasteiger partial charge in [-0.05, 0) is 30.5 Å². The lowest BCUT2D eigenvalue weighted by atomic mass is 10.2. The molecule has 0 aliphatic rings. The average molecular weight is 505 g/mol. The first-order valence-corrected chi connectivity index (χ1v) is 13.5. The molecule has 0 radical (unpaired) electrons. The molecule has 0 aliphatic carbocycles. The number of sulfonamides is 1. The van der Waals surface area contributed by atoms with Crippen LogP contribution in [0.1, 0.15) is 16.6 Å². The molecular weight excluding hydrogens is 480 g/mol. The molecule has 0 saturated carbocycles. The van der Waals surface area contributed by atoms with Gasteiger partial charge in [0.2, 0.25) is 0 Å². The predicted octanol–water partition coefficient (Wildman–Crippen LogP) is 4.29. The molecular formula is C22H24N4O4S3. The van der Waals surface area contributed by atoms with Crippen LogP contribution in [0.5, 0.6) is 0 Å². The molecule has 4 rings (SSSR count). The maximum absolute atomic E-state index is 13.6. The molecule has 0 bridgehead atoms. The summed E-state index contributed by atoms with van der Waals surface area (Å²) in [5, 5.41) is 5.21. The number of hydrogen-bond donors (Lipinski definition) is 1. The number of nitrogens with zero attached hydrogens (tertiary/aromatic N) is 3. The van der Waals surface area contributed by atoms with Gasteiger partial charge in [-0.1, -0.05) is 12.1 Å². The van der Waals surface area contributed by atoms with Crippen LogP contribution < -0.4 is 4.31 Å². The number of hydrogen-bond acceptors (Lipinski definition) is 7. The molecule has 0 saturated heterocycles. The summed E-state index contributed by atoms with van der Waals surface area (Å²) in [4.78, 5) is 22.2. The lowest BCUT2D eigenvalue weighted by Gasteiger charge is -2.22. The number of amides is 1. The molecule has 0 spiro atoms. The van der Waals surface area contributed by atoms with Gasteiger partial charge in [0.1, 0.15) is 14.8 Å². The molecule has 4 aromatic rings. The second-order valence-corrected chi connectivity index (χ2v) is 11.0. The first-order chi connectivity index (χ1) is 15.8. The van der Waals surface area contributed by atoms with Gasteiger partial charge < -0.3 is 14.6 Å². The van der Waals surface area contributed by atoms with Gasteiger partial charge in [-0.15, -0.1) is 22.7 Å². The Balaban J connectivity index is 1.67. The van der Waals surface area contributed by atoms with Crippen molar-refractivity contribution in [2.45, 2.75) is 11.8 Å². The Labute approximate surface area is 200 Å². The maximum atomic E-state index is 13.6. The van der Waals surface area contributed by atoms with Gasteiger partial charge in [-0.25, -0.2) is 13.4 Å². The van der Waals surface area contributed by atoms with E-state index in [2.05, 4.69) is 9.97 Å². The Morgan fingerprint density at radius 3 is 2.73 bits per heavy atom. The highest BCUT2D eigenvalue weighted by atomic mass is 32.2. The number of likely N-dealkylation sites (N-methyl/N-ethyl adjacent to an activating group) is 1. The van der Waals surface area contributed by atoms with Crippen LogP contribution in [0.3, 0.4) is 0 Å². The van der Waals surface area contributed by atoms with Gasteiger partial charge in [-0.3, -0.25) is 9.10 Å². The van der Waals surface area contributed by atoms with E-state index >= 15 is 0 Å². The number of fused-ring (bicyclic) bond motifs is 1. The molecule has 0 fully saturated rings. The van der Waals surface area contributed by atoms with Crippen molar-refractivity contribution < 1.29 is 17.9 Å². The molecule has 3 heterocycles. The minimum Gasteiger partial charge on any atom is -0.380 e. The fraction of sp³-hybridized carbons (Fsp3) is 0.273. The number of ether oxygens (including phenoxy) is 1. The van der Waals surface area contributed by atoms with Gasteiger partial charge in [0.05, 0.1) is 23.5 Å². The monoisotopic (exact) mass is 504 g/mol. The van der Waals surface area contributed by atoms with E-state index in [1.165, 1.54) is 33.7 Å². The summed E-state index contributed by atoms with van der Waals surface area (Å²) < 4.78 is 33.7. The number of carbonyl (C=O) groups is 1. The van der Waals surface area contributed by atoms with E-state index < -0.39 is 10.0 Å². The Bertz CT molecular complexity index is 1360. The number of thiophene rings is 1. The Hall–Kier alpha value is -2.73. The van der Waals surface area contributed by atoms with Crippen molar-refractivity contribution in [1.29, 1.82) is 0 Å². The zero-order valence-electron chi connectivity index (χ0n) is 18.4. The smallest absolute Gasteiger partial charge is 0.265 e. The average Bonchev–Trinajstić information content (AvgIpc) is 3.57. The predicted molar refractivity (Wildman–Crippen MR) is 133 cm³/mol. The van der Waals surface area contributed by atoms with Gasteiger partial charge in [0, 0.05) is 44.2 Å². The summed E-state index contributed by atoms with van der Waals surface area (Å²) in [5.74, 6) is -0.346. The van der Waals surface area contributed by atoms with Crippen molar-refractivity contribution in [3.05, 3.63) is 52.2 Å². The summed E-state index contributed by atoms with van der Waals surface area (Å²) in [7, 11) is -0.848. The highest BCUT2D eigenvalue weighted by Crippen LogP contribution is 2.34. The minimum atomic E-state index is -3.99. The van der Waals surface area contributed by atoms with Crippen LogP contribution in [-0.4, -0.2) is 63.0 Å². The van der Waals surface area contributed by atoms with Crippen molar-refractivity contribution >= 4 is 55.2 Å². The van der Waals surface area contributed by atoms with Crippen molar-refractivity contribution in [3.63, 3.8) is 0 Å². The van der Waals surface area contributed by atoms with E-state index in [-0.39, 0.29) is 15.7 Å². The summed E-state index contributed by atoms with van der Waals surface area (Å²) in [5.41, 5.74) is 2.00. The van der Waals surface area contributed by atoms with Crippen LogP contribution in [0.15, 0.2) is 52.2 Å². The first kappa shape index (κ1) is 23.4. The van der Waals surface area contributed by atoms with Crippen molar-refractivity contribution in [2.24, 2.45) is 0 Å². The summed E-state index contributed by atoms with van der Waals surface area (Å²) in [6.45, 7) is 3.20. The molecule has 11 heteroatoms. The fourth-order valence-electron chi connectivity index (χ4n) is 3.43. The van der Waals surface area contributed by atoms with E-state index in [0.717, 1.165) is 27.4 Å². The molecule has 33 heavy (non-hydrogen) atoms. The third-order valence-electron chi connectivity index (χ3n) is 5.22. The number of aromatic nitrogens is 2.